The van der Waals surface area contributed by atoms with Gasteiger partial charge in [0.05, 0.1) is 25.0 Å². The molecular formula is C11H16F3N5O2. The highest BCUT2D eigenvalue weighted by Crippen LogP contribution is 2.25. The zero-order valence-electron chi connectivity index (χ0n) is 11.1. The van der Waals surface area contributed by atoms with Crippen LogP contribution in [0.3, 0.4) is 0 Å². The summed E-state index contributed by atoms with van der Waals surface area (Å²) in [5, 5.41) is 12.7. The van der Waals surface area contributed by atoms with Gasteiger partial charge in [0, 0.05) is 13.1 Å². The Hall–Kier alpha value is -2.13. The number of aromatic nitrogens is 2. The van der Waals surface area contributed by atoms with Crippen molar-refractivity contribution in [3.63, 3.8) is 0 Å². The van der Waals surface area contributed by atoms with Gasteiger partial charge in [-0.1, -0.05) is 0 Å². The van der Waals surface area contributed by atoms with Crippen molar-refractivity contribution in [3.8, 4) is 0 Å². The number of hydrogen-bond donors (Lipinski definition) is 2. The molecule has 0 radical (unpaired) electrons. The Kier molecular flexibility index (Phi) is 4.43. The molecule has 1 unspecified atom stereocenters. The minimum atomic E-state index is -2.62. The Bertz CT molecular complexity index is 510. The van der Waals surface area contributed by atoms with Crippen LogP contribution in [0, 0.1) is 0 Å². The summed E-state index contributed by atoms with van der Waals surface area (Å²) >= 11 is 0. The van der Waals surface area contributed by atoms with E-state index in [2.05, 4.69) is 5.10 Å². The van der Waals surface area contributed by atoms with Gasteiger partial charge >= 0.3 is 6.09 Å². The first-order valence-electron chi connectivity index (χ1n) is 6.34. The van der Waals surface area contributed by atoms with Gasteiger partial charge in [-0.05, 0) is 0 Å². The van der Waals surface area contributed by atoms with Crippen molar-refractivity contribution < 1.29 is 23.1 Å². The first-order valence-corrected chi connectivity index (χ1v) is 6.34. The number of rotatable bonds is 3. The van der Waals surface area contributed by atoms with Crippen molar-refractivity contribution in [1.82, 2.24) is 14.7 Å². The van der Waals surface area contributed by atoms with Crippen molar-refractivity contribution >= 4 is 17.6 Å². The van der Waals surface area contributed by atoms with E-state index in [-0.39, 0.29) is 37.7 Å². The molecule has 118 valence electrons. The Morgan fingerprint density at radius 1 is 1.48 bits per heavy atom. The van der Waals surface area contributed by atoms with Gasteiger partial charge in [-0.15, -0.1) is 0 Å². The van der Waals surface area contributed by atoms with Gasteiger partial charge in [-0.25, -0.2) is 22.6 Å². The lowest BCUT2D eigenvalue weighted by molar-refractivity contribution is 0.122. The highest BCUT2D eigenvalue weighted by atomic mass is 19.3. The summed E-state index contributed by atoms with van der Waals surface area (Å²) in [4.78, 5) is 13.3. The highest BCUT2D eigenvalue weighted by molar-refractivity contribution is 5.66. The van der Waals surface area contributed by atoms with Gasteiger partial charge in [0.2, 0.25) is 0 Å². The van der Waals surface area contributed by atoms with Gasteiger partial charge in [0.25, 0.3) is 6.43 Å². The second-order valence-corrected chi connectivity index (χ2v) is 4.77. The maximum atomic E-state index is 13.9. The molecule has 3 N–H and O–H groups in total. The van der Waals surface area contributed by atoms with E-state index >= 15 is 0 Å². The number of carbonyl (C=O) groups is 1. The predicted molar refractivity (Wildman–Crippen MR) is 69.4 cm³/mol. The molecule has 1 saturated heterocycles. The van der Waals surface area contributed by atoms with Crippen LogP contribution >= 0.6 is 0 Å². The van der Waals surface area contributed by atoms with Crippen LogP contribution in [0.1, 0.15) is 0 Å². The summed E-state index contributed by atoms with van der Waals surface area (Å²) in [5.41, 5.74) is 5.88. The number of anilines is 2. The fraction of sp³-hybridized carbons (Fsp3) is 0.636. The second kappa shape index (κ2) is 6.10. The SMILES string of the molecule is Nc1cnn(CC(F)F)c1N1CCN(C(=O)O)CC(F)C1. The largest absolute Gasteiger partial charge is 0.465 e. The number of nitrogen functional groups attached to an aromatic ring is 1. The summed E-state index contributed by atoms with van der Waals surface area (Å²) in [6.07, 6.45) is -4.04. The fourth-order valence-electron chi connectivity index (χ4n) is 2.33. The van der Waals surface area contributed by atoms with Gasteiger partial charge in [-0.3, -0.25) is 0 Å². The third kappa shape index (κ3) is 3.50. The smallest absolute Gasteiger partial charge is 0.407 e. The molecule has 2 rings (SSSR count). The average Bonchev–Trinajstić information content (AvgIpc) is 2.61. The van der Waals surface area contributed by atoms with Crippen molar-refractivity contribution in [1.29, 1.82) is 0 Å². The number of nitrogens with two attached hydrogens (primary N) is 1. The molecule has 1 amide bonds. The van der Waals surface area contributed by atoms with Crippen molar-refractivity contribution in [2.24, 2.45) is 0 Å². The Balaban J connectivity index is 2.21. The molecule has 1 atom stereocenters. The molecule has 0 aliphatic carbocycles. The topological polar surface area (TPSA) is 87.6 Å². The summed E-state index contributed by atoms with van der Waals surface area (Å²) in [5.74, 6) is 0.199. The molecule has 7 nitrogen and oxygen atoms in total. The third-order valence-corrected chi connectivity index (χ3v) is 3.20. The van der Waals surface area contributed by atoms with Crippen molar-refractivity contribution in [2.75, 3.05) is 36.8 Å². The molecule has 0 bridgehead atoms. The van der Waals surface area contributed by atoms with E-state index in [1.165, 1.54) is 11.1 Å². The lowest BCUT2D eigenvalue weighted by Crippen LogP contribution is -2.35. The molecule has 0 spiro atoms. The third-order valence-electron chi connectivity index (χ3n) is 3.20. The first kappa shape index (κ1) is 15.3. The maximum absolute atomic E-state index is 13.9. The standard InChI is InChI=1S/C11H16F3N5O2/c12-7-4-17(1-2-18(5-7)11(20)21)10-8(15)3-16-19(10)6-9(13)14/h3,7,9H,1-2,4-6,15H2,(H,20,21). The normalized spacial score (nSPS) is 19.9. The number of alkyl halides is 3. The highest BCUT2D eigenvalue weighted by Gasteiger charge is 2.28. The van der Waals surface area contributed by atoms with E-state index in [4.69, 9.17) is 10.8 Å². The summed E-state index contributed by atoms with van der Waals surface area (Å²) in [7, 11) is 0. The second-order valence-electron chi connectivity index (χ2n) is 4.77. The molecule has 1 fully saturated rings. The Labute approximate surface area is 118 Å². The molecule has 0 aromatic carbocycles. The molecule has 21 heavy (non-hydrogen) atoms. The van der Waals surface area contributed by atoms with Crippen molar-refractivity contribution in [3.05, 3.63) is 6.20 Å². The minimum Gasteiger partial charge on any atom is -0.465 e. The first-order chi connectivity index (χ1) is 9.88. The number of hydrogen-bond acceptors (Lipinski definition) is 4. The Morgan fingerprint density at radius 2 is 2.19 bits per heavy atom. The Morgan fingerprint density at radius 3 is 2.81 bits per heavy atom. The van der Waals surface area contributed by atoms with Crippen LogP contribution < -0.4 is 10.6 Å². The molecule has 1 aromatic heterocycles. The fourth-order valence-corrected chi connectivity index (χ4v) is 2.33. The molecular weight excluding hydrogens is 291 g/mol. The van der Waals surface area contributed by atoms with E-state index < -0.39 is 25.2 Å². The quantitative estimate of drug-likeness (QED) is 0.865. The molecule has 10 heteroatoms. The van der Waals surface area contributed by atoms with Crippen LogP contribution in [0.25, 0.3) is 0 Å². The van der Waals surface area contributed by atoms with E-state index in [9.17, 15) is 18.0 Å². The summed E-state index contributed by atoms with van der Waals surface area (Å²) in [6.45, 7) is -0.804. The van der Waals surface area contributed by atoms with E-state index in [0.29, 0.717) is 0 Å². The molecule has 2 heterocycles. The van der Waals surface area contributed by atoms with Crippen LogP contribution in [0.5, 0.6) is 0 Å². The average molecular weight is 307 g/mol. The van der Waals surface area contributed by atoms with E-state index in [1.807, 2.05) is 0 Å². The van der Waals surface area contributed by atoms with Gasteiger partial charge in [-0.2, -0.15) is 5.10 Å². The molecule has 1 aromatic rings. The van der Waals surface area contributed by atoms with Gasteiger partial charge < -0.3 is 20.6 Å². The number of carboxylic acid groups (broad SMARTS) is 1. The maximum Gasteiger partial charge on any atom is 0.407 e. The lowest BCUT2D eigenvalue weighted by Gasteiger charge is -2.24. The number of nitrogens with zero attached hydrogens (tertiary/aromatic N) is 4. The van der Waals surface area contributed by atoms with Crippen LogP contribution in [0.15, 0.2) is 6.20 Å². The lowest BCUT2D eigenvalue weighted by atomic mass is 10.3. The van der Waals surface area contributed by atoms with Gasteiger partial charge in [0.15, 0.2) is 5.82 Å². The van der Waals surface area contributed by atoms with Crippen LogP contribution in [0.4, 0.5) is 29.5 Å². The van der Waals surface area contributed by atoms with Crippen LogP contribution in [-0.2, 0) is 6.54 Å². The van der Waals surface area contributed by atoms with Gasteiger partial charge in [0.1, 0.15) is 12.7 Å². The number of halogens is 3. The van der Waals surface area contributed by atoms with E-state index in [1.54, 1.807) is 0 Å². The summed E-state index contributed by atoms with van der Waals surface area (Å²) < 4.78 is 39.9. The zero-order chi connectivity index (χ0) is 15.6. The van der Waals surface area contributed by atoms with Crippen LogP contribution in [-0.4, -0.2) is 64.7 Å². The van der Waals surface area contributed by atoms with Crippen molar-refractivity contribution in [2.45, 2.75) is 19.1 Å². The monoisotopic (exact) mass is 307 g/mol. The molecule has 0 saturated carbocycles. The zero-order valence-corrected chi connectivity index (χ0v) is 11.1. The molecule has 1 aliphatic heterocycles. The number of amides is 1. The van der Waals surface area contributed by atoms with Crippen LogP contribution in [0.2, 0.25) is 0 Å². The predicted octanol–water partition coefficient (Wildman–Crippen LogP) is 0.868. The molecule has 1 aliphatic rings. The van der Waals surface area contributed by atoms with E-state index in [0.717, 1.165) is 9.58 Å². The minimum absolute atomic E-state index is 0.0645. The summed E-state index contributed by atoms with van der Waals surface area (Å²) in [6, 6.07) is 0.